The molecular formula is C9H13N3O3. The van der Waals surface area contributed by atoms with E-state index >= 15 is 0 Å². The molecule has 0 saturated carbocycles. The second-order valence-electron chi connectivity index (χ2n) is 2.88. The van der Waals surface area contributed by atoms with Crippen LogP contribution in [0.3, 0.4) is 0 Å². The monoisotopic (exact) mass is 211 g/mol. The van der Waals surface area contributed by atoms with Crippen LogP contribution in [0.25, 0.3) is 0 Å². The normalized spacial score (nSPS) is 12.1. The summed E-state index contributed by atoms with van der Waals surface area (Å²) < 4.78 is 4.80. The highest BCUT2D eigenvalue weighted by Crippen LogP contribution is 2.11. The van der Waals surface area contributed by atoms with E-state index < -0.39 is 12.3 Å². The van der Waals surface area contributed by atoms with Crippen LogP contribution in [0.1, 0.15) is 0 Å². The SMILES string of the molecule is COC(N)CN(C(=O)O)c1cccnc1. The first-order chi connectivity index (χ1) is 7.15. The van der Waals surface area contributed by atoms with Crippen molar-refractivity contribution in [1.29, 1.82) is 0 Å². The topological polar surface area (TPSA) is 88.7 Å². The summed E-state index contributed by atoms with van der Waals surface area (Å²) in [5.41, 5.74) is 5.97. The number of ether oxygens (including phenoxy) is 1. The molecule has 1 aromatic rings. The Hall–Kier alpha value is -1.66. The highest BCUT2D eigenvalue weighted by Gasteiger charge is 2.17. The van der Waals surface area contributed by atoms with E-state index in [1.54, 1.807) is 18.3 Å². The number of methoxy groups -OCH3 is 1. The number of rotatable bonds is 4. The van der Waals surface area contributed by atoms with E-state index in [1.165, 1.54) is 13.3 Å². The molecule has 0 bridgehead atoms. The predicted octanol–water partition coefficient (Wildman–Crippen LogP) is 0.497. The summed E-state index contributed by atoms with van der Waals surface area (Å²) in [5.74, 6) is 0. The number of nitrogens with zero attached hydrogens (tertiary/aromatic N) is 2. The van der Waals surface area contributed by atoms with Crippen LogP contribution in [0.2, 0.25) is 0 Å². The zero-order valence-electron chi connectivity index (χ0n) is 8.33. The molecule has 0 aliphatic carbocycles. The largest absolute Gasteiger partial charge is 0.465 e. The Morgan fingerprint density at radius 1 is 1.80 bits per heavy atom. The van der Waals surface area contributed by atoms with Gasteiger partial charge in [-0.1, -0.05) is 0 Å². The van der Waals surface area contributed by atoms with E-state index in [-0.39, 0.29) is 6.54 Å². The van der Waals surface area contributed by atoms with E-state index in [1.807, 2.05) is 0 Å². The molecule has 15 heavy (non-hydrogen) atoms. The van der Waals surface area contributed by atoms with Crippen LogP contribution < -0.4 is 10.6 Å². The van der Waals surface area contributed by atoms with Gasteiger partial charge in [0, 0.05) is 13.3 Å². The molecule has 1 atom stereocenters. The highest BCUT2D eigenvalue weighted by molar-refractivity contribution is 5.85. The summed E-state index contributed by atoms with van der Waals surface area (Å²) in [6.45, 7) is 0.0670. The van der Waals surface area contributed by atoms with Crippen molar-refractivity contribution in [1.82, 2.24) is 4.98 Å². The Labute approximate surface area is 87.3 Å². The maximum atomic E-state index is 10.9. The van der Waals surface area contributed by atoms with Crippen LogP contribution in [0.15, 0.2) is 24.5 Å². The molecule has 1 heterocycles. The van der Waals surface area contributed by atoms with Gasteiger partial charge in [0.05, 0.1) is 18.4 Å². The van der Waals surface area contributed by atoms with Gasteiger partial charge < -0.3 is 15.6 Å². The molecule has 0 aromatic carbocycles. The maximum absolute atomic E-state index is 10.9. The van der Waals surface area contributed by atoms with Gasteiger partial charge in [-0.2, -0.15) is 0 Å². The lowest BCUT2D eigenvalue weighted by atomic mass is 10.3. The third-order valence-electron chi connectivity index (χ3n) is 1.85. The number of aromatic nitrogens is 1. The van der Waals surface area contributed by atoms with E-state index in [0.29, 0.717) is 5.69 Å². The molecule has 1 unspecified atom stereocenters. The summed E-state index contributed by atoms with van der Waals surface area (Å²) in [7, 11) is 1.42. The minimum Gasteiger partial charge on any atom is -0.465 e. The molecule has 82 valence electrons. The summed E-state index contributed by atoms with van der Waals surface area (Å²) in [6.07, 6.45) is 1.29. The Morgan fingerprint density at radius 2 is 2.53 bits per heavy atom. The third-order valence-corrected chi connectivity index (χ3v) is 1.85. The fourth-order valence-corrected chi connectivity index (χ4v) is 1.06. The van der Waals surface area contributed by atoms with Crippen LogP contribution in [-0.4, -0.2) is 36.1 Å². The fourth-order valence-electron chi connectivity index (χ4n) is 1.06. The van der Waals surface area contributed by atoms with Crippen LogP contribution in [-0.2, 0) is 4.74 Å². The first kappa shape index (κ1) is 11.4. The minimum absolute atomic E-state index is 0.0670. The number of carboxylic acid groups (broad SMARTS) is 1. The zero-order valence-corrected chi connectivity index (χ0v) is 8.33. The second kappa shape index (κ2) is 5.28. The van der Waals surface area contributed by atoms with Crippen LogP contribution >= 0.6 is 0 Å². The summed E-state index contributed by atoms with van der Waals surface area (Å²) >= 11 is 0. The van der Waals surface area contributed by atoms with Crippen molar-refractivity contribution in [3.8, 4) is 0 Å². The van der Waals surface area contributed by atoms with Gasteiger partial charge in [-0.3, -0.25) is 9.88 Å². The quantitative estimate of drug-likeness (QED) is 0.708. The Bertz CT molecular complexity index is 318. The molecular weight excluding hydrogens is 198 g/mol. The standard InChI is InChI=1S/C9H13N3O3/c1-15-8(10)6-12(9(13)14)7-3-2-4-11-5-7/h2-5,8H,6,10H2,1H3,(H,13,14). The predicted molar refractivity (Wildman–Crippen MR) is 54.6 cm³/mol. The summed E-state index contributed by atoms with van der Waals surface area (Å²) in [6, 6.07) is 3.30. The lowest BCUT2D eigenvalue weighted by Gasteiger charge is -2.21. The summed E-state index contributed by atoms with van der Waals surface area (Å²) in [5, 5.41) is 8.96. The van der Waals surface area contributed by atoms with Crippen LogP contribution in [0.5, 0.6) is 0 Å². The van der Waals surface area contributed by atoms with E-state index in [2.05, 4.69) is 4.98 Å². The van der Waals surface area contributed by atoms with Gasteiger partial charge in [0.2, 0.25) is 0 Å². The number of pyridine rings is 1. The van der Waals surface area contributed by atoms with Crippen molar-refractivity contribution in [3.63, 3.8) is 0 Å². The average molecular weight is 211 g/mol. The molecule has 1 aromatic heterocycles. The second-order valence-corrected chi connectivity index (χ2v) is 2.88. The number of amides is 1. The molecule has 0 saturated heterocycles. The van der Waals surface area contributed by atoms with Gasteiger partial charge in [0.15, 0.2) is 0 Å². The first-order valence-electron chi connectivity index (χ1n) is 4.34. The van der Waals surface area contributed by atoms with Crippen LogP contribution in [0, 0.1) is 0 Å². The van der Waals surface area contributed by atoms with Crippen molar-refractivity contribution in [2.24, 2.45) is 5.73 Å². The molecule has 0 aliphatic rings. The molecule has 6 nitrogen and oxygen atoms in total. The lowest BCUT2D eigenvalue weighted by molar-refractivity contribution is 0.111. The Balaban J connectivity index is 2.80. The number of carbonyl (C=O) groups is 1. The minimum atomic E-state index is -1.09. The van der Waals surface area contributed by atoms with Crippen molar-refractivity contribution < 1.29 is 14.6 Å². The van der Waals surface area contributed by atoms with E-state index in [0.717, 1.165) is 4.90 Å². The van der Waals surface area contributed by atoms with Crippen molar-refractivity contribution in [2.45, 2.75) is 6.23 Å². The van der Waals surface area contributed by atoms with Gasteiger partial charge in [0.25, 0.3) is 0 Å². The molecule has 0 spiro atoms. The van der Waals surface area contributed by atoms with Gasteiger partial charge in [-0.25, -0.2) is 4.79 Å². The van der Waals surface area contributed by atoms with Crippen LogP contribution in [0.4, 0.5) is 10.5 Å². The van der Waals surface area contributed by atoms with Gasteiger partial charge in [-0.05, 0) is 12.1 Å². The molecule has 1 rings (SSSR count). The fraction of sp³-hybridized carbons (Fsp3) is 0.333. The maximum Gasteiger partial charge on any atom is 0.411 e. The Morgan fingerprint density at radius 3 is 3.00 bits per heavy atom. The summed E-state index contributed by atoms with van der Waals surface area (Å²) in [4.78, 5) is 15.9. The molecule has 0 radical (unpaired) electrons. The van der Waals surface area contributed by atoms with E-state index in [4.69, 9.17) is 15.6 Å². The van der Waals surface area contributed by atoms with Gasteiger partial charge >= 0.3 is 6.09 Å². The van der Waals surface area contributed by atoms with Gasteiger partial charge in [-0.15, -0.1) is 0 Å². The van der Waals surface area contributed by atoms with Crippen molar-refractivity contribution in [2.75, 3.05) is 18.6 Å². The average Bonchev–Trinajstić information content (AvgIpc) is 2.26. The molecule has 0 fully saturated rings. The highest BCUT2D eigenvalue weighted by atomic mass is 16.5. The third kappa shape index (κ3) is 3.19. The number of hydrogen-bond donors (Lipinski definition) is 2. The lowest BCUT2D eigenvalue weighted by Crippen LogP contribution is -2.41. The number of nitrogens with two attached hydrogens (primary N) is 1. The molecule has 0 aliphatic heterocycles. The van der Waals surface area contributed by atoms with E-state index in [9.17, 15) is 4.79 Å². The smallest absolute Gasteiger partial charge is 0.411 e. The molecule has 1 amide bonds. The molecule has 3 N–H and O–H groups in total. The van der Waals surface area contributed by atoms with Crippen molar-refractivity contribution >= 4 is 11.8 Å². The number of anilines is 1. The first-order valence-corrected chi connectivity index (χ1v) is 4.34. The Kier molecular flexibility index (Phi) is 4.02. The van der Waals surface area contributed by atoms with Crippen molar-refractivity contribution in [3.05, 3.63) is 24.5 Å². The molecule has 6 heteroatoms. The zero-order chi connectivity index (χ0) is 11.3. The van der Waals surface area contributed by atoms with Gasteiger partial charge in [0.1, 0.15) is 6.23 Å². The number of hydrogen-bond acceptors (Lipinski definition) is 4.